The highest BCUT2D eigenvalue weighted by molar-refractivity contribution is 6.44. The Kier molecular flexibility index (Phi) is 4.71. The van der Waals surface area contributed by atoms with E-state index in [9.17, 15) is 14.4 Å². The summed E-state index contributed by atoms with van der Waals surface area (Å²) in [6, 6.07) is 11.5. The summed E-state index contributed by atoms with van der Waals surface area (Å²) in [5, 5.41) is 6.23. The van der Waals surface area contributed by atoms with Crippen molar-refractivity contribution in [2.45, 2.75) is 18.9 Å². The summed E-state index contributed by atoms with van der Waals surface area (Å²) in [5.41, 5.74) is 1.40. The van der Waals surface area contributed by atoms with E-state index in [0.29, 0.717) is 22.0 Å². The minimum absolute atomic E-state index is 0.00217. The number of esters is 1. The monoisotopic (exact) mass is 444 g/mol. The number of halogens is 2. The van der Waals surface area contributed by atoms with Crippen molar-refractivity contribution in [3.05, 3.63) is 58.1 Å². The van der Waals surface area contributed by atoms with Gasteiger partial charge in [0.15, 0.2) is 0 Å². The summed E-state index contributed by atoms with van der Waals surface area (Å²) in [7, 11) is 0. The van der Waals surface area contributed by atoms with Gasteiger partial charge in [0.2, 0.25) is 5.91 Å². The van der Waals surface area contributed by atoms with Crippen LogP contribution in [0.4, 0.5) is 11.4 Å². The molecule has 0 unspecified atom stereocenters. The lowest BCUT2D eigenvalue weighted by Crippen LogP contribution is -2.35. The third kappa shape index (κ3) is 3.15. The Bertz CT molecular complexity index is 1050. The molecular weight excluding hydrogens is 427 g/mol. The van der Waals surface area contributed by atoms with E-state index in [4.69, 9.17) is 27.9 Å². The van der Waals surface area contributed by atoms with Crippen molar-refractivity contribution < 1.29 is 19.1 Å². The molecule has 1 saturated heterocycles. The predicted molar refractivity (Wildman–Crippen MR) is 113 cm³/mol. The largest absolute Gasteiger partial charge is 0.462 e. The van der Waals surface area contributed by atoms with E-state index in [1.807, 2.05) is 0 Å². The number of rotatable bonds is 4. The van der Waals surface area contributed by atoms with E-state index in [-0.39, 0.29) is 52.6 Å². The van der Waals surface area contributed by atoms with Gasteiger partial charge in [-0.2, -0.15) is 0 Å². The highest BCUT2D eigenvalue weighted by Crippen LogP contribution is 2.57. The van der Waals surface area contributed by atoms with Gasteiger partial charge in [0, 0.05) is 17.2 Å². The molecular formula is C22H18Cl2N2O4. The minimum atomic E-state index is -0.343. The van der Waals surface area contributed by atoms with E-state index < -0.39 is 0 Å². The Hall–Kier alpha value is -2.57. The van der Waals surface area contributed by atoms with Crippen LogP contribution in [0.2, 0.25) is 10.0 Å². The molecule has 3 fully saturated rings. The average Bonchev–Trinajstić information content (AvgIpc) is 3.34. The van der Waals surface area contributed by atoms with Gasteiger partial charge < -0.3 is 15.4 Å². The van der Waals surface area contributed by atoms with Gasteiger partial charge in [0.05, 0.1) is 27.6 Å². The second-order valence-electron chi connectivity index (χ2n) is 8.04. The molecule has 0 radical (unpaired) electrons. The number of nitrogens with one attached hydrogen (secondary N) is 2. The first kappa shape index (κ1) is 19.4. The fourth-order valence-electron chi connectivity index (χ4n) is 5.09. The van der Waals surface area contributed by atoms with Crippen molar-refractivity contribution in [2.24, 2.45) is 23.7 Å². The number of hydrogen-bond donors (Lipinski definition) is 2. The first-order chi connectivity index (χ1) is 14.4. The summed E-state index contributed by atoms with van der Waals surface area (Å²) in [6.07, 6.45) is 1.66. The number of carbonyl (C=O) groups excluding carboxylic acids is 3. The Balaban J connectivity index is 1.25. The maximum absolute atomic E-state index is 12.8. The van der Waals surface area contributed by atoms with Gasteiger partial charge in [0.1, 0.15) is 6.10 Å². The molecule has 2 N–H and O–H groups in total. The van der Waals surface area contributed by atoms with Crippen LogP contribution in [0.5, 0.6) is 0 Å². The lowest BCUT2D eigenvalue weighted by Gasteiger charge is -2.23. The molecule has 2 saturated carbocycles. The molecule has 5 rings (SSSR count). The summed E-state index contributed by atoms with van der Waals surface area (Å²) in [6.45, 7) is 0. The number of anilines is 2. The van der Waals surface area contributed by atoms with Crippen molar-refractivity contribution >= 4 is 52.4 Å². The van der Waals surface area contributed by atoms with Crippen LogP contribution >= 0.6 is 23.2 Å². The first-order valence-corrected chi connectivity index (χ1v) is 10.5. The minimum Gasteiger partial charge on any atom is -0.462 e. The summed E-state index contributed by atoms with van der Waals surface area (Å²) < 4.78 is 5.40. The average molecular weight is 445 g/mol. The van der Waals surface area contributed by atoms with Crippen LogP contribution in [0.15, 0.2) is 42.5 Å². The number of amides is 2. The number of benzene rings is 2. The maximum atomic E-state index is 12.8. The number of fused-ring (bicyclic) bond motifs is 1. The second-order valence-corrected chi connectivity index (χ2v) is 8.83. The molecule has 5 atom stereocenters. The van der Waals surface area contributed by atoms with Gasteiger partial charge in [-0.05, 0) is 55.2 Å². The van der Waals surface area contributed by atoms with Crippen LogP contribution in [0.25, 0.3) is 0 Å². The van der Waals surface area contributed by atoms with Crippen molar-refractivity contribution in [1.82, 2.24) is 0 Å². The Labute approximate surface area is 182 Å². The normalized spacial score (nSPS) is 28.3. The van der Waals surface area contributed by atoms with Crippen molar-refractivity contribution in [2.75, 3.05) is 10.6 Å². The van der Waals surface area contributed by atoms with E-state index in [0.717, 1.165) is 12.8 Å². The Morgan fingerprint density at radius 3 is 2.53 bits per heavy atom. The smallest absolute Gasteiger partial charge is 0.310 e. The zero-order valence-corrected chi connectivity index (χ0v) is 17.2. The molecule has 0 aromatic heterocycles. The van der Waals surface area contributed by atoms with Crippen LogP contribution < -0.4 is 10.6 Å². The van der Waals surface area contributed by atoms with Gasteiger partial charge in [-0.3, -0.25) is 14.4 Å². The SMILES string of the molecule is O=C(Nc1cccc(Cl)c1Cl)c1ccc(NC(=O)[C@@H]2[C@@H]3C[C@@H]4[C@H]2C(=O)O[C@@H]4C3)cc1. The number of ether oxygens (including phenoxy) is 1. The summed E-state index contributed by atoms with van der Waals surface area (Å²) in [5.74, 6) is -1.02. The van der Waals surface area contributed by atoms with E-state index in [2.05, 4.69) is 10.6 Å². The molecule has 3 aliphatic rings. The van der Waals surface area contributed by atoms with Crippen LogP contribution in [0, 0.1) is 23.7 Å². The zero-order chi connectivity index (χ0) is 21.0. The molecule has 2 aliphatic carbocycles. The van der Waals surface area contributed by atoms with Gasteiger partial charge in [-0.25, -0.2) is 0 Å². The van der Waals surface area contributed by atoms with Gasteiger partial charge >= 0.3 is 5.97 Å². The Morgan fingerprint density at radius 1 is 1.00 bits per heavy atom. The zero-order valence-electron chi connectivity index (χ0n) is 15.7. The van der Waals surface area contributed by atoms with Gasteiger partial charge in [-0.1, -0.05) is 29.3 Å². The highest BCUT2D eigenvalue weighted by Gasteiger charge is 2.63. The number of hydrogen-bond acceptors (Lipinski definition) is 4. The maximum Gasteiger partial charge on any atom is 0.310 e. The molecule has 8 heteroatoms. The summed E-state index contributed by atoms with van der Waals surface area (Å²) in [4.78, 5) is 37.4. The molecule has 154 valence electrons. The quantitative estimate of drug-likeness (QED) is 0.685. The molecule has 30 heavy (non-hydrogen) atoms. The molecule has 2 amide bonds. The number of carbonyl (C=O) groups is 3. The fraction of sp³-hybridized carbons (Fsp3) is 0.318. The second kappa shape index (κ2) is 7.29. The molecule has 1 aliphatic heterocycles. The molecule has 6 nitrogen and oxygen atoms in total. The highest BCUT2D eigenvalue weighted by atomic mass is 35.5. The van der Waals surface area contributed by atoms with Crippen LogP contribution in [0.3, 0.4) is 0 Å². The van der Waals surface area contributed by atoms with Crippen molar-refractivity contribution in [3.8, 4) is 0 Å². The van der Waals surface area contributed by atoms with E-state index in [1.165, 1.54) is 0 Å². The van der Waals surface area contributed by atoms with E-state index in [1.54, 1.807) is 42.5 Å². The third-order valence-electron chi connectivity index (χ3n) is 6.40. The van der Waals surface area contributed by atoms with Gasteiger partial charge in [0.25, 0.3) is 5.91 Å². The lowest BCUT2D eigenvalue weighted by atomic mass is 9.79. The standard InChI is InChI=1S/C22H18Cl2N2O4/c23-14-2-1-3-15(19(14)24)26-20(27)10-4-6-12(7-5-10)25-21(28)17-11-8-13-16(9-11)30-22(29)18(13)17/h1-7,11,13,16-18H,8-9H2,(H,25,28)(H,26,27)/t11-,13+,16-,17-,18-/m1/s1. The van der Waals surface area contributed by atoms with Crippen LogP contribution in [-0.4, -0.2) is 23.9 Å². The van der Waals surface area contributed by atoms with Crippen LogP contribution in [0.1, 0.15) is 23.2 Å². The molecule has 2 aromatic carbocycles. The van der Waals surface area contributed by atoms with E-state index >= 15 is 0 Å². The predicted octanol–water partition coefficient (Wildman–Crippen LogP) is 4.38. The Morgan fingerprint density at radius 2 is 1.77 bits per heavy atom. The molecule has 0 spiro atoms. The van der Waals surface area contributed by atoms with Crippen molar-refractivity contribution in [1.29, 1.82) is 0 Å². The molecule has 2 bridgehead atoms. The third-order valence-corrected chi connectivity index (χ3v) is 7.22. The topological polar surface area (TPSA) is 84.5 Å². The molecule has 1 heterocycles. The summed E-state index contributed by atoms with van der Waals surface area (Å²) >= 11 is 12.1. The van der Waals surface area contributed by atoms with Crippen molar-refractivity contribution in [3.63, 3.8) is 0 Å². The fourth-order valence-corrected chi connectivity index (χ4v) is 5.44. The van der Waals surface area contributed by atoms with Gasteiger partial charge in [-0.15, -0.1) is 0 Å². The van der Waals surface area contributed by atoms with Crippen LogP contribution in [-0.2, 0) is 14.3 Å². The first-order valence-electron chi connectivity index (χ1n) is 9.79. The lowest BCUT2D eigenvalue weighted by molar-refractivity contribution is -0.145. The molecule has 2 aromatic rings.